The summed E-state index contributed by atoms with van der Waals surface area (Å²) >= 11 is 7.85. The molecule has 0 radical (unpaired) electrons. The van der Waals surface area contributed by atoms with Gasteiger partial charge in [0.05, 0.1) is 24.1 Å². The molecule has 6 aromatic rings. The second-order valence-corrected chi connectivity index (χ2v) is 11.0. The van der Waals surface area contributed by atoms with E-state index in [1.807, 2.05) is 41.1 Å². The fraction of sp³-hybridized carbons (Fsp3) is 0.172. The number of thiazole rings is 1. The highest BCUT2D eigenvalue weighted by Crippen LogP contribution is 2.48. The fourth-order valence-electron chi connectivity index (χ4n) is 5.39. The first-order valence-corrected chi connectivity index (χ1v) is 13.9. The number of methoxy groups -OCH3 is 1. The topological polar surface area (TPSA) is 100 Å². The Morgan fingerprint density at radius 3 is 2.65 bits per heavy atom. The third kappa shape index (κ3) is 3.86. The van der Waals surface area contributed by atoms with E-state index in [-0.39, 0.29) is 29.1 Å². The van der Waals surface area contributed by atoms with E-state index in [2.05, 4.69) is 9.97 Å². The van der Waals surface area contributed by atoms with E-state index in [1.54, 1.807) is 17.5 Å². The van der Waals surface area contributed by atoms with Gasteiger partial charge in [-0.25, -0.2) is 19.0 Å². The zero-order valence-electron chi connectivity index (χ0n) is 21.2. The van der Waals surface area contributed by atoms with Gasteiger partial charge in [-0.05, 0) is 54.2 Å². The highest BCUT2D eigenvalue weighted by atomic mass is 35.5. The average Bonchev–Trinajstić information content (AvgIpc) is 3.61. The molecule has 0 aliphatic heterocycles. The van der Waals surface area contributed by atoms with Crippen LogP contribution in [0.3, 0.4) is 0 Å². The smallest absolute Gasteiger partial charge is 0.265 e. The Labute approximate surface area is 236 Å². The summed E-state index contributed by atoms with van der Waals surface area (Å²) < 4.78 is 23.2. The van der Waals surface area contributed by atoms with Gasteiger partial charge in [0.25, 0.3) is 5.56 Å². The molecule has 1 aliphatic carbocycles. The number of anilines is 1. The van der Waals surface area contributed by atoms with Crippen LogP contribution in [0.5, 0.6) is 5.75 Å². The highest BCUT2D eigenvalue weighted by molar-refractivity contribution is 7.16. The molecule has 4 aromatic heterocycles. The molecule has 0 bridgehead atoms. The molecule has 0 amide bonds. The zero-order valence-corrected chi connectivity index (χ0v) is 22.8. The number of pyridine rings is 1. The van der Waals surface area contributed by atoms with Crippen molar-refractivity contribution < 1.29 is 9.13 Å². The summed E-state index contributed by atoms with van der Waals surface area (Å²) in [6.07, 6.45) is 3.31. The normalized spacial score (nSPS) is 14.2. The molecule has 8 nitrogen and oxygen atoms in total. The third-order valence-electron chi connectivity index (χ3n) is 7.35. The summed E-state index contributed by atoms with van der Waals surface area (Å²) in [5.41, 5.74) is 9.82. The first kappa shape index (κ1) is 24.7. The minimum atomic E-state index is -0.517. The van der Waals surface area contributed by atoms with Gasteiger partial charge in [0, 0.05) is 10.9 Å². The summed E-state index contributed by atoms with van der Waals surface area (Å²) in [4.78, 5) is 23.5. The molecule has 0 spiro atoms. The Bertz CT molecular complexity index is 1980. The first-order valence-electron chi connectivity index (χ1n) is 12.7. The molecule has 1 fully saturated rings. The van der Waals surface area contributed by atoms with Gasteiger partial charge in [0.15, 0.2) is 17.2 Å². The van der Waals surface area contributed by atoms with E-state index >= 15 is 0 Å². The van der Waals surface area contributed by atoms with Gasteiger partial charge in [0.1, 0.15) is 27.8 Å². The lowest BCUT2D eigenvalue weighted by Gasteiger charge is -2.22. The van der Waals surface area contributed by atoms with Crippen LogP contribution in [0.1, 0.15) is 24.4 Å². The van der Waals surface area contributed by atoms with Crippen LogP contribution in [0.4, 0.5) is 10.2 Å². The number of hydrogen-bond donors (Lipinski definition) is 1. The van der Waals surface area contributed by atoms with E-state index in [0.717, 1.165) is 28.8 Å². The van der Waals surface area contributed by atoms with Crippen LogP contribution in [0.2, 0.25) is 5.15 Å². The Kier molecular flexibility index (Phi) is 5.83. The lowest BCUT2D eigenvalue weighted by atomic mass is 9.94. The van der Waals surface area contributed by atoms with Gasteiger partial charge in [-0.1, -0.05) is 41.9 Å². The molecule has 0 saturated heterocycles. The number of ether oxygens (including phenoxy) is 1. The predicted molar refractivity (Wildman–Crippen MR) is 155 cm³/mol. The minimum Gasteiger partial charge on any atom is -0.494 e. The third-order valence-corrected chi connectivity index (χ3v) is 8.64. The molecule has 4 heterocycles. The number of nitrogens with two attached hydrogens (primary N) is 1. The maximum absolute atomic E-state index is 14.8. The van der Waals surface area contributed by atoms with Crippen LogP contribution in [-0.4, -0.2) is 31.3 Å². The second-order valence-electron chi connectivity index (χ2n) is 9.76. The van der Waals surface area contributed by atoms with Crippen LogP contribution in [0.15, 0.2) is 71.1 Å². The molecule has 1 aliphatic rings. The monoisotopic (exact) mass is 572 g/mol. The van der Waals surface area contributed by atoms with Crippen molar-refractivity contribution in [2.45, 2.75) is 18.9 Å². The second kappa shape index (κ2) is 9.42. The molecular weight excluding hydrogens is 551 g/mol. The van der Waals surface area contributed by atoms with Gasteiger partial charge >= 0.3 is 0 Å². The molecule has 2 aromatic carbocycles. The zero-order chi connectivity index (χ0) is 27.5. The minimum absolute atomic E-state index is 0.128. The summed E-state index contributed by atoms with van der Waals surface area (Å²) in [7, 11) is 1.42. The summed E-state index contributed by atoms with van der Waals surface area (Å²) in [5.74, 6) is 0.0556. The van der Waals surface area contributed by atoms with Crippen LogP contribution in [-0.2, 0) is 0 Å². The van der Waals surface area contributed by atoms with Crippen molar-refractivity contribution in [3.63, 3.8) is 0 Å². The molecule has 0 unspecified atom stereocenters. The average molecular weight is 573 g/mol. The number of nitrogen functional groups attached to an aromatic ring is 1. The van der Waals surface area contributed by atoms with Gasteiger partial charge in [-0.15, -0.1) is 11.3 Å². The van der Waals surface area contributed by atoms with Crippen molar-refractivity contribution in [1.82, 2.24) is 24.1 Å². The lowest BCUT2D eigenvalue weighted by Crippen LogP contribution is -2.23. The summed E-state index contributed by atoms with van der Waals surface area (Å²) in [6.45, 7) is 0. The number of halogens is 2. The van der Waals surface area contributed by atoms with E-state index in [1.165, 1.54) is 35.2 Å². The predicted octanol–water partition coefficient (Wildman–Crippen LogP) is 6.22. The largest absolute Gasteiger partial charge is 0.494 e. The number of benzene rings is 2. The number of fused-ring (bicyclic) bond motifs is 2. The molecule has 40 heavy (non-hydrogen) atoms. The van der Waals surface area contributed by atoms with Gasteiger partial charge < -0.3 is 10.5 Å². The van der Waals surface area contributed by atoms with Crippen LogP contribution < -0.4 is 16.0 Å². The van der Waals surface area contributed by atoms with E-state index < -0.39 is 5.82 Å². The standard InChI is InChI=1S/C29H22ClFN6O2S/c1-39-20-10-9-17(11-19(20)31)25-24-27(32)33-14-34-28(24)37(35-25)26(16-7-8-16)18-12-22-36(21(30)13-40-22)29(38)23(18)15-5-3-2-4-6-15/h2-6,9-14,16,26H,7-8H2,1H3,(H2,32,33,34)/t26-/m0/s1. The molecule has 1 atom stereocenters. The van der Waals surface area contributed by atoms with Crippen molar-refractivity contribution >= 4 is 44.6 Å². The number of aromatic nitrogens is 5. The molecule has 7 rings (SSSR count). The highest BCUT2D eigenvalue weighted by Gasteiger charge is 2.39. The van der Waals surface area contributed by atoms with E-state index in [4.69, 9.17) is 27.2 Å². The Morgan fingerprint density at radius 2 is 1.93 bits per heavy atom. The van der Waals surface area contributed by atoms with Gasteiger partial charge in [0.2, 0.25) is 0 Å². The first-order chi connectivity index (χ1) is 19.5. The summed E-state index contributed by atoms with van der Waals surface area (Å²) in [6, 6.07) is 15.9. The molecular formula is C29H22ClFN6O2S. The summed E-state index contributed by atoms with van der Waals surface area (Å²) in [5, 5.41) is 7.65. The van der Waals surface area contributed by atoms with Crippen molar-refractivity contribution in [2.75, 3.05) is 12.8 Å². The Balaban J connectivity index is 1.53. The van der Waals surface area contributed by atoms with Gasteiger partial charge in [-0.2, -0.15) is 5.10 Å². The van der Waals surface area contributed by atoms with E-state index in [0.29, 0.717) is 33.0 Å². The van der Waals surface area contributed by atoms with Crippen LogP contribution in [0.25, 0.3) is 38.2 Å². The number of nitrogens with zero attached hydrogens (tertiary/aromatic N) is 5. The van der Waals surface area contributed by atoms with Gasteiger partial charge in [-0.3, -0.25) is 9.20 Å². The van der Waals surface area contributed by atoms with Crippen molar-refractivity contribution in [2.24, 2.45) is 5.92 Å². The quantitative estimate of drug-likeness (QED) is 0.254. The molecule has 2 N–H and O–H groups in total. The maximum Gasteiger partial charge on any atom is 0.265 e. The van der Waals surface area contributed by atoms with Crippen LogP contribution >= 0.6 is 22.9 Å². The van der Waals surface area contributed by atoms with E-state index in [9.17, 15) is 9.18 Å². The van der Waals surface area contributed by atoms with Crippen molar-refractivity contribution in [1.29, 1.82) is 0 Å². The SMILES string of the molecule is COc1ccc(-c2nn([C@H](c3cc4scc(Cl)n4c(=O)c3-c3ccccc3)C3CC3)c3ncnc(N)c23)cc1F. The Morgan fingerprint density at radius 1 is 1.12 bits per heavy atom. The molecule has 11 heteroatoms. The molecule has 200 valence electrons. The Hall–Kier alpha value is -4.28. The number of hydrogen-bond acceptors (Lipinski definition) is 7. The van der Waals surface area contributed by atoms with Crippen molar-refractivity contribution in [3.8, 4) is 28.1 Å². The fourth-order valence-corrected chi connectivity index (χ4v) is 6.54. The van der Waals surface area contributed by atoms with Crippen molar-refractivity contribution in [3.05, 3.63) is 93.2 Å². The molecule has 1 saturated carbocycles. The van der Waals surface area contributed by atoms with Crippen LogP contribution in [0, 0.1) is 11.7 Å². The lowest BCUT2D eigenvalue weighted by molar-refractivity contribution is 0.386. The maximum atomic E-state index is 14.8. The number of rotatable bonds is 6.